The van der Waals surface area contributed by atoms with E-state index < -0.39 is 0 Å². The summed E-state index contributed by atoms with van der Waals surface area (Å²) in [6.45, 7) is 0. The zero-order chi connectivity index (χ0) is 17.7. The van der Waals surface area contributed by atoms with Crippen molar-refractivity contribution in [3.63, 3.8) is 0 Å². The van der Waals surface area contributed by atoms with Crippen LogP contribution in [0.3, 0.4) is 0 Å². The van der Waals surface area contributed by atoms with Crippen LogP contribution in [0.25, 0.3) is 11.3 Å². The number of benzene rings is 1. The lowest BCUT2D eigenvalue weighted by molar-refractivity contribution is -0.127. The Kier molecular flexibility index (Phi) is 4.22. The number of hydrogen-bond donors (Lipinski definition) is 2. The van der Waals surface area contributed by atoms with Gasteiger partial charge in [-0.05, 0) is 60.4 Å². The molecule has 26 heavy (non-hydrogen) atoms. The first-order chi connectivity index (χ1) is 12.7. The van der Waals surface area contributed by atoms with Crippen LogP contribution < -0.4 is 10.6 Å². The summed E-state index contributed by atoms with van der Waals surface area (Å²) in [5.41, 5.74) is 2.39. The Bertz CT molecular complexity index is 889. The highest BCUT2D eigenvalue weighted by molar-refractivity contribution is 9.10. The number of thioether (sulfide) groups is 1. The van der Waals surface area contributed by atoms with Crippen molar-refractivity contribution in [2.75, 3.05) is 0 Å². The number of rotatable bonds is 2. The van der Waals surface area contributed by atoms with Gasteiger partial charge in [-0.25, -0.2) is 0 Å². The second kappa shape index (κ2) is 6.59. The first-order valence-corrected chi connectivity index (χ1v) is 10.7. The van der Waals surface area contributed by atoms with Crippen LogP contribution in [0.1, 0.15) is 37.6 Å². The number of nitrogens with one attached hydrogen (secondary N) is 2. The number of carbonyl (C=O) groups excluding carboxylic acids is 1. The van der Waals surface area contributed by atoms with Crippen molar-refractivity contribution >= 4 is 33.6 Å². The molecule has 6 heteroatoms. The maximum atomic E-state index is 12.8. The van der Waals surface area contributed by atoms with E-state index in [0.29, 0.717) is 0 Å². The summed E-state index contributed by atoms with van der Waals surface area (Å²) >= 11 is 5.30. The molecule has 3 unspecified atom stereocenters. The van der Waals surface area contributed by atoms with Crippen LogP contribution in [0.15, 0.2) is 55.8 Å². The molecule has 1 aromatic heterocycles. The van der Waals surface area contributed by atoms with Crippen molar-refractivity contribution in [1.29, 1.82) is 0 Å². The number of furan rings is 1. The Labute approximate surface area is 164 Å². The van der Waals surface area contributed by atoms with Crippen LogP contribution in [0, 0.1) is 5.92 Å². The molecule has 4 nitrogen and oxygen atoms in total. The SMILES string of the molecule is O=C1NC(c2ccc(-c3ccc(Br)cc3)o2)NC2SC3=C(CCCC3)C12. The zero-order valence-corrected chi connectivity index (χ0v) is 16.5. The Morgan fingerprint density at radius 1 is 1.08 bits per heavy atom. The van der Waals surface area contributed by atoms with E-state index in [1.807, 2.05) is 48.2 Å². The summed E-state index contributed by atoms with van der Waals surface area (Å²) < 4.78 is 7.09. The summed E-state index contributed by atoms with van der Waals surface area (Å²) in [7, 11) is 0. The Hall–Kier alpha value is -1.50. The maximum Gasteiger partial charge on any atom is 0.231 e. The summed E-state index contributed by atoms with van der Waals surface area (Å²) in [6, 6.07) is 11.9. The minimum atomic E-state index is -0.276. The number of fused-ring (bicyclic) bond motifs is 2. The Morgan fingerprint density at radius 2 is 1.88 bits per heavy atom. The van der Waals surface area contributed by atoms with Crippen molar-refractivity contribution < 1.29 is 9.21 Å². The van der Waals surface area contributed by atoms with Crippen LogP contribution >= 0.6 is 27.7 Å². The quantitative estimate of drug-likeness (QED) is 0.707. The predicted molar refractivity (Wildman–Crippen MR) is 106 cm³/mol. The smallest absolute Gasteiger partial charge is 0.231 e. The molecule has 0 saturated carbocycles. The molecule has 2 aliphatic heterocycles. The normalized spacial score (nSPS) is 27.9. The van der Waals surface area contributed by atoms with Crippen molar-refractivity contribution in [2.24, 2.45) is 5.92 Å². The van der Waals surface area contributed by atoms with Gasteiger partial charge in [0.05, 0.1) is 11.3 Å². The maximum absolute atomic E-state index is 12.8. The van der Waals surface area contributed by atoms with E-state index in [1.54, 1.807) is 0 Å². The molecule has 1 fully saturated rings. The van der Waals surface area contributed by atoms with Crippen LogP contribution in [0.2, 0.25) is 0 Å². The monoisotopic (exact) mass is 430 g/mol. The van der Waals surface area contributed by atoms with E-state index in [1.165, 1.54) is 23.3 Å². The topological polar surface area (TPSA) is 54.3 Å². The van der Waals surface area contributed by atoms with Gasteiger partial charge >= 0.3 is 0 Å². The fourth-order valence-electron chi connectivity index (χ4n) is 4.06. The predicted octanol–water partition coefficient (Wildman–Crippen LogP) is 4.94. The van der Waals surface area contributed by atoms with Gasteiger partial charge < -0.3 is 9.73 Å². The molecule has 0 radical (unpaired) electrons. The third kappa shape index (κ3) is 2.84. The van der Waals surface area contributed by atoms with Gasteiger partial charge in [-0.15, -0.1) is 11.8 Å². The lowest BCUT2D eigenvalue weighted by atomic mass is 9.87. The molecule has 0 spiro atoms. The van der Waals surface area contributed by atoms with Crippen LogP contribution in [0.5, 0.6) is 0 Å². The third-order valence-electron chi connectivity index (χ3n) is 5.35. The average Bonchev–Trinajstić information content (AvgIpc) is 3.27. The highest BCUT2D eigenvalue weighted by Crippen LogP contribution is 2.49. The molecule has 2 N–H and O–H groups in total. The lowest BCUT2D eigenvalue weighted by Gasteiger charge is -2.33. The summed E-state index contributed by atoms with van der Waals surface area (Å²) in [4.78, 5) is 14.2. The Balaban J connectivity index is 1.37. The highest BCUT2D eigenvalue weighted by Gasteiger charge is 2.45. The second-order valence-corrected chi connectivity index (χ2v) is 9.14. The van der Waals surface area contributed by atoms with E-state index in [-0.39, 0.29) is 23.4 Å². The standard InChI is InChI=1S/C20H19BrN2O2S/c21-12-7-5-11(6-8-12)14-9-10-15(25-14)18-22-19(24)17-13-3-1-2-4-16(13)26-20(17)23-18/h5-10,17-18,20,23H,1-4H2,(H,22,24). The Morgan fingerprint density at radius 3 is 2.73 bits per heavy atom. The van der Waals surface area contributed by atoms with E-state index in [9.17, 15) is 4.79 Å². The fourth-order valence-corrected chi connectivity index (χ4v) is 5.90. The highest BCUT2D eigenvalue weighted by atomic mass is 79.9. The van der Waals surface area contributed by atoms with Crippen molar-refractivity contribution in [1.82, 2.24) is 10.6 Å². The largest absolute Gasteiger partial charge is 0.457 e. The molecule has 1 aromatic carbocycles. The number of carbonyl (C=O) groups is 1. The molecule has 5 rings (SSSR count). The number of amides is 1. The molecule has 134 valence electrons. The van der Waals surface area contributed by atoms with Crippen molar-refractivity contribution in [2.45, 2.75) is 37.2 Å². The molecule has 3 aliphatic rings. The van der Waals surface area contributed by atoms with E-state index in [0.717, 1.165) is 34.4 Å². The van der Waals surface area contributed by atoms with Crippen LogP contribution in [-0.2, 0) is 4.79 Å². The molecule has 2 aromatic rings. The number of allylic oxidation sites excluding steroid dienone is 1. The van der Waals surface area contributed by atoms with Gasteiger partial charge in [0.25, 0.3) is 0 Å². The van der Waals surface area contributed by atoms with E-state index in [4.69, 9.17) is 4.42 Å². The molecule has 1 saturated heterocycles. The summed E-state index contributed by atoms with van der Waals surface area (Å²) in [5.74, 6) is 1.66. The molecule has 3 heterocycles. The minimum absolute atomic E-state index is 0.0209. The summed E-state index contributed by atoms with van der Waals surface area (Å²) in [6.07, 6.45) is 4.36. The van der Waals surface area contributed by atoms with E-state index >= 15 is 0 Å². The molecule has 1 aliphatic carbocycles. The minimum Gasteiger partial charge on any atom is -0.457 e. The zero-order valence-electron chi connectivity index (χ0n) is 14.1. The van der Waals surface area contributed by atoms with Crippen molar-refractivity contribution in [3.05, 3.63) is 57.1 Å². The third-order valence-corrected chi connectivity index (χ3v) is 7.29. The average molecular weight is 431 g/mol. The lowest BCUT2D eigenvalue weighted by Crippen LogP contribution is -2.54. The first-order valence-electron chi connectivity index (χ1n) is 9.00. The van der Waals surface area contributed by atoms with Gasteiger partial charge in [-0.2, -0.15) is 0 Å². The first kappa shape index (κ1) is 16.7. The van der Waals surface area contributed by atoms with Gasteiger partial charge in [0.15, 0.2) is 0 Å². The van der Waals surface area contributed by atoms with Gasteiger partial charge in [0.1, 0.15) is 17.7 Å². The molecular formula is C20H19BrN2O2S. The second-order valence-electron chi connectivity index (χ2n) is 6.99. The number of hydrogen-bond acceptors (Lipinski definition) is 4. The van der Waals surface area contributed by atoms with Crippen LogP contribution in [-0.4, -0.2) is 11.3 Å². The van der Waals surface area contributed by atoms with Gasteiger partial charge in [-0.1, -0.05) is 28.1 Å². The van der Waals surface area contributed by atoms with E-state index in [2.05, 4.69) is 26.6 Å². The number of halogens is 1. The van der Waals surface area contributed by atoms with Gasteiger partial charge in [0, 0.05) is 10.0 Å². The molecule has 1 amide bonds. The van der Waals surface area contributed by atoms with Gasteiger partial charge in [0.2, 0.25) is 5.91 Å². The molecule has 3 atom stereocenters. The van der Waals surface area contributed by atoms with Crippen LogP contribution in [0.4, 0.5) is 0 Å². The molecular weight excluding hydrogens is 412 g/mol. The van der Waals surface area contributed by atoms with Crippen molar-refractivity contribution in [3.8, 4) is 11.3 Å². The molecule has 0 bridgehead atoms. The fraction of sp³-hybridized carbons (Fsp3) is 0.350. The van der Waals surface area contributed by atoms with Gasteiger partial charge in [-0.3, -0.25) is 10.1 Å². The summed E-state index contributed by atoms with van der Waals surface area (Å²) in [5, 5.41) is 6.82.